The van der Waals surface area contributed by atoms with Gasteiger partial charge in [0.15, 0.2) is 5.82 Å². The van der Waals surface area contributed by atoms with Gasteiger partial charge in [-0.05, 0) is 57.6 Å². The van der Waals surface area contributed by atoms with Crippen molar-refractivity contribution in [3.63, 3.8) is 0 Å². The van der Waals surface area contributed by atoms with E-state index in [4.69, 9.17) is 27.3 Å². The zero-order chi connectivity index (χ0) is 22.9. The van der Waals surface area contributed by atoms with Crippen molar-refractivity contribution in [1.82, 2.24) is 24.6 Å². The van der Waals surface area contributed by atoms with Crippen LogP contribution in [0.5, 0.6) is 0 Å². The van der Waals surface area contributed by atoms with Crippen LogP contribution in [0.4, 0.5) is 5.82 Å². The number of nitrogens with two attached hydrogens (primary N) is 1. The number of aromatic nitrogens is 5. The highest BCUT2D eigenvalue weighted by Crippen LogP contribution is 2.52. The average Bonchev–Trinajstić information content (AvgIpc) is 3.47. The van der Waals surface area contributed by atoms with E-state index in [1.807, 2.05) is 36.7 Å². The first-order chi connectivity index (χ1) is 15.9. The van der Waals surface area contributed by atoms with Gasteiger partial charge in [-0.15, -0.1) is 11.3 Å². The van der Waals surface area contributed by atoms with Gasteiger partial charge in [0.2, 0.25) is 0 Å². The second kappa shape index (κ2) is 7.48. The maximum absolute atomic E-state index is 6.77. The van der Waals surface area contributed by atoms with Crippen molar-refractivity contribution in [3.8, 4) is 11.3 Å². The number of hydrogen-bond acceptors (Lipinski definition) is 7. The minimum absolute atomic E-state index is 0.0879. The lowest BCUT2D eigenvalue weighted by Crippen LogP contribution is -2.44. The predicted molar refractivity (Wildman–Crippen MR) is 132 cm³/mol. The van der Waals surface area contributed by atoms with Crippen LogP contribution in [0, 0.1) is 26.2 Å². The highest BCUT2D eigenvalue weighted by Gasteiger charge is 2.48. The molecule has 6 rings (SSSR count). The molecule has 1 spiro atoms. The molecule has 0 amide bonds. The molecule has 0 radical (unpaired) electrons. The van der Waals surface area contributed by atoms with Crippen LogP contribution in [0.1, 0.15) is 45.9 Å². The molecule has 1 fully saturated rings. The first-order valence-electron chi connectivity index (χ1n) is 11.3. The van der Waals surface area contributed by atoms with E-state index in [0.29, 0.717) is 5.02 Å². The molecule has 0 saturated carbocycles. The van der Waals surface area contributed by atoms with E-state index in [9.17, 15) is 0 Å². The number of rotatable bonds is 2. The van der Waals surface area contributed by atoms with E-state index < -0.39 is 0 Å². The van der Waals surface area contributed by atoms with Crippen molar-refractivity contribution in [2.24, 2.45) is 11.1 Å². The molecule has 9 heteroatoms. The van der Waals surface area contributed by atoms with Crippen molar-refractivity contribution in [2.75, 3.05) is 18.0 Å². The van der Waals surface area contributed by atoms with Crippen LogP contribution in [0.25, 0.3) is 16.8 Å². The average molecular weight is 480 g/mol. The fourth-order valence-corrected chi connectivity index (χ4v) is 6.86. The largest absolute Gasteiger partial charge is 0.355 e. The summed E-state index contributed by atoms with van der Waals surface area (Å²) in [5.41, 5.74) is 12.6. The fraction of sp³-hybridized carbons (Fsp3) is 0.417. The van der Waals surface area contributed by atoms with Crippen molar-refractivity contribution in [2.45, 2.75) is 46.1 Å². The summed E-state index contributed by atoms with van der Waals surface area (Å²) in [6.45, 7) is 7.85. The Morgan fingerprint density at radius 3 is 2.64 bits per heavy atom. The Kier molecular flexibility index (Phi) is 4.76. The highest BCUT2D eigenvalue weighted by molar-refractivity contribution is 7.11. The summed E-state index contributed by atoms with van der Waals surface area (Å²) in [5.74, 6) is 0.973. The Labute approximate surface area is 201 Å². The highest BCUT2D eigenvalue weighted by atomic mass is 35.5. The van der Waals surface area contributed by atoms with Gasteiger partial charge in [0.25, 0.3) is 0 Å². The topological polar surface area (TPSA) is 85.2 Å². The Bertz CT molecular complexity index is 1380. The summed E-state index contributed by atoms with van der Waals surface area (Å²) in [4.78, 5) is 17.8. The number of hydrogen-bond donors (Lipinski definition) is 1. The van der Waals surface area contributed by atoms with Crippen LogP contribution < -0.4 is 10.6 Å². The van der Waals surface area contributed by atoms with Crippen LogP contribution in [-0.4, -0.2) is 37.7 Å². The van der Waals surface area contributed by atoms with Crippen LogP contribution in [0.3, 0.4) is 0 Å². The van der Waals surface area contributed by atoms with E-state index >= 15 is 0 Å². The molecule has 1 aliphatic carbocycles. The molecule has 4 aromatic heterocycles. The van der Waals surface area contributed by atoms with Crippen molar-refractivity contribution in [1.29, 1.82) is 0 Å². The number of thiazole rings is 1. The number of nitrogens with zero attached hydrogens (tertiary/aromatic N) is 6. The number of fused-ring (bicyclic) bond motifs is 2. The van der Waals surface area contributed by atoms with Gasteiger partial charge in [-0.25, -0.2) is 14.5 Å². The van der Waals surface area contributed by atoms with Crippen molar-refractivity contribution < 1.29 is 0 Å². The lowest BCUT2D eigenvalue weighted by molar-refractivity contribution is 0.187. The Hall–Kier alpha value is -2.55. The van der Waals surface area contributed by atoms with Crippen LogP contribution >= 0.6 is 22.9 Å². The van der Waals surface area contributed by atoms with Crippen LogP contribution in [0.2, 0.25) is 5.02 Å². The molecule has 1 aliphatic heterocycles. The van der Waals surface area contributed by atoms with E-state index in [2.05, 4.69) is 21.9 Å². The lowest BCUT2D eigenvalue weighted by Gasteiger charge is -2.42. The number of aryl methyl sites for hydroxylation is 3. The lowest BCUT2D eigenvalue weighted by atomic mass is 9.74. The van der Waals surface area contributed by atoms with Gasteiger partial charge in [-0.3, -0.25) is 4.98 Å². The summed E-state index contributed by atoms with van der Waals surface area (Å²) in [6.07, 6.45) is 6.68. The molecule has 7 nitrogen and oxygen atoms in total. The first kappa shape index (κ1) is 21.0. The summed E-state index contributed by atoms with van der Waals surface area (Å²) in [7, 11) is 0. The van der Waals surface area contributed by atoms with E-state index in [0.717, 1.165) is 71.3 Å². The summed E-state index contributed by atoms with van der Waals surface area (Å²) in [6, 6.07) is 4.05. The molecule has 1 saturated heterocycles. The molecule has 170 valence electrons. The molecular formula is C24H26ClN7S. The summed E-state index contributed by atoms with van der Waals surface area (Å²) in [5, 5.41) is 6.40. The zero-order valence-corrected chi connectivity index (χ0v) is 20.5. The van der Waals surface area contributed by atoms with Crippen LogP contribution in [-0.2, 0) is 6.42 Å². The zero-order valence-electron chi connectivity index (χ0n) is 19.0. The third-order valence-electron chi connectivity index (χ3n) is 7.37. The van der Waals surface area contributed by atoms with Crippen molar-refractivity contribution in [3.05, 3.63) is 56.5 Å². The van der Waals surface area contributed by atoms with E-state index in [1.54, 1.807) is 17.5 Å². The number of halogens is 1. The van der Waals surface area contributed by atoms with Gasteiger partial charge < -0.3 is 10.6 Å². The Morgan fingerprint density at radius 1 is 1.09 bits per heavy atom. The molecular weight excluding hydrogens is 454 g/mol. The van der Waals surface area contributed by atoms with Crippen LogP contribution in [0.15, 0.2) is 24.5 Å². The third kappa shape index (κ3) is 3.11. The standard InChI is InChI=1S/C24H26ClN7S/c1-13-19(25)16(4-8-27-13)20-14(2)29-23(18-5-9-28-32(18)20)31-10-6-24(7-11-31)12-17-21(22(24)26)33-15(3)30-17/h4-5,8-9,22H,6-7,10-12,26H2,1-3H3/t22-/m1/s1. The van der Waals surface area contributed by atoms with Gasteiger partial charge >= 0.3 is 0 Å². The fourth-order valence-electron chi connectivity index (χ4n) is 5.57. The normalized spacial score (nSPS) is 19.5. The van der Waals surface area contributed by atoms with E-state index in [-0.39, 0.29) is 11.5 Å². The minimum Gasteiger partial charge on any atom is -0.355 e. The molecule has 5 heterocycles. The molecule has 2 N–H and O–H groups in total. The minimum atomic E-state index is 0.0879. The van der Waals surface area contributed by atoms with E-state index in [1.165, 1.54) is 10.6 Å². The number of pyridine rings is 1. The second-order valence-corrected chi connectivity index (χ2v) is 10.9. The first-order valence-corrected chi connectivity index (χ1v) is 12.5. The molecule has 1 atom stereocenters. The maximum atomic E-state index is 6.77. The SMILES string of the molecule is Cc1nc2c(s1)[C@@H](N)C1(CCN(c3nc(C)c(-c4ccnc(C)c4Cl)n4nccc34)CC1)C2. The predicted octanol–water partition coefficient (Wildman–Crippen LogP) is 4.67. The Morgan fingerprint density at radius 2 is 1.88 bits per heavy atom. The number of piperidine rings is 1. The molecule has 0 unspecified atom stereocenters. The number of anilines is 1. The van der Waals surface area contributed by atoms with Gasteiger partial charge in [0.05, 0.1) is 39.0 Å². The molecule has 2 aliphatic rings. The van der Waals surface area contributed by atoms with Gasteiger partial charge in [-0.2, -0.15) is 5.10 Å². The molecule has 33 heavy (non-hydrogen) atoms. The van der Waals surface area contributed by atoms with Gasteiger partial charge in [0, 0.05) is 35.8 Å². The summed E-state index contributed by atoms with van der Waals surface area (Å²) < 4.78 is 1.97. The summed E-state index contributed by atoms with van der Waals surface area (Å²) >= 11 is 8.39. The second-order valence-electron chi connectivity index (χ2n) is 9.30. The monoisotopic (exact) mass is 479 g/mol. The third-order valence-corrected chi connectivity index (χ3v) is 8.95. The van der Waals surface area contributed by atoms with Gasteiger partial charge in [0.1, 0.15) is 5.52 Å². The Balaban J connectivity index is 1.34. The molecule has 0 aromatic carbocycles. The molecule has 0 bridgehead atoms. The maximum Gasteiger partial charge on any atom is 0.155 e. The molecule has 4 aromatic rings. The van der Waals surface area contributed by atoms with Crippen molar-refractivity contribution >= 4 is 34.3 Å². The quantitative estimate of drug-likeness (QED) is 0.449. The van der Waals surface area contributed by atoms with Gasteiger partial charge in [-0.1, -0.05) is 11.6 Å². The smallest absolute Gasteiger partial charge is 0.155 e.